The monoisotopic (exact) mass is 649 g/mol. The maximum absolute atomic E-state index is 14.6. The summed E-state index contributed by atoms with van der Waals surface area (Å²) in [6, 6.07) is 16.8. The molecule has 2 heterocycles. The first-order valence-corrected chi connectivity index (χ1v) is 16.6. The number of hydrogen-bond donors (Lipinski definition) is 2. The first kappa shape index (κ1) is 32.5. The normalized spacial score (nSPS) is 20.9. The molecule has 46 heavy (non-hydrogen) atoms. The summed E-state index contributed by atoms with van der Waals surface area (Å²) in [4.78, 5) is 16.7. The molecule has 3 unspecified atom stereocenters. The Bertz CT molecular complexity index is 1610. The van der Waals surface area contributed by atoms with E-state index >= 15 is 0 Å². The number of fused-ring (bicyclic) bond motifs is 2. The summed E-state index contributed by atoms with van der Waals surface area (Å²) in [5, 5.41) is 3.56. The van der Waals surface area contributed by atoms with E-state index in [1.807, 2.05) is 12.1 Å². The zero-order valence-corrected chi connectivity index (χ0v) is 27.2. The number of carbonyl (C=O) groups excluding carboxylic acids is 1. The Morgan fingerprint density at radius 1 is 1.09 bits per heavy atom. The summed E-state index contributed by atoms with van der Waals surface area (Å²) < 4.78 is 38.4. The SMILES string of the molecule is COc1cccc(CN(C(=O)C2=C(c3ccc(CCCOc4cc(F)cc(F)c4Cl)cc3)CC3CC(CN)CC2N3)C2CC2)c1C. The molecule has 3 aromatic carbocycles. The molecular formula is C37H42ClF2N3O3. The summed E-state index contributed by atoms with van der Waals surface area (Å²) >= 11 is 5.92. The summed E-state index contributed by atoms with van der Waals surface area (Å²) in [5.74, 6) is -0.222. The zero-order chi connectivity index (χ0) is 32.4. The van der Waals surface area contributed by atoms with Crippen molar-refractivity contribution >= 4 is 23.1 Å². The lowest BCUT2D eigenvalue weighted by Gasteiger charge is -2.43. The number of piperidine rings is 1. The molecule has 2 bridgehead atoms. The number of nitrogens with zero attached hydrogens (tertiary/aromatic N) is 1. The van der Waals surface area contributed by atoms with Crippen LogP contribution in [-0.4, -0.2) is 49.2 Å². The van der Waals surface area contributed by atoms with E-state index in [9.17, 15) is 13.6 Å². The van der Waals surface area contributed by atoms with E-state index in [1.165, 1.54) is 0 Å². The van der Waals surface area contributed by atoms with Crippen molar-refractivity contribution in [1.29, 1.82) is 0 Å². The number of ether oxygens (including phenoxy) is 2. The molecule has 3 aromatic rings. The molecule has 0 radical (unpaired) electrons. The Labute approximate surface area is 274 Å². The lowest BCUT2D eigenvalue weighted by molar-refractivity contribution is -0.128. The van der Waals surface area contributed by atoms with Gasteiger partial charge in [0.05, 0.1) is 13.7 Å². The van der Waals surface area contributed by atoms with Crippen molar-refractivity contribution in [1.82, 2.24) is 10.2 Å². The predicted molar refractivity (Wildman–Crippen MR) is 177 cm³/mol. The van der Waals surface area contributed by atoms with Gasteiger partial charge in [-0.1, -0.05) is 48.0 Å². The summed E-state index contributed by atoms with van der Waals surface area (Å²) in [7, 11) is 1.68. The van der Waals surface area contributed by atoms with Crippen LogP contribution in [0, 0.1) is 24.5 Å². The van der Waals surface area contributed by atoms with Crippen molar-refractivity contribution < 1.29 is 23.0 Å². The van der Waals surface area contributed by atoms with Crippen molar-refractivity contribution in [2.75, 3.05) is 20.3 Å². The van der Waals surface area contributed by atoms with Gasteiger partial charge in [0.2, 0.25) is 0 Å². The van der Waals surface area contributed by atoms with Crippen LogP contribution in [0.1, 0.15) is 60.8 Å². The smallest absolute Gasteiger partial charge is 0.252 e. The average Bonchev–Trinajstić information content (AvgIpc) is 3.90. The van der Waals surface area contributed by atoms with Crippen LogP contribution in [0.4, 0.5) is 8.78 Å². The number of benzene rings is 3. The lowest BCUT2D eigenvalue weighted by atomic mass is 9.75. The Morgan fingerprint density at radius 2 is 1.87 bits per heavy atom. The molecule has 9 heteroatoms. The highest BCUT2D eigenvalue weighted by atomic mass is 35.5. The van der Waals surface area contributed by atoms with Crippen LogP contribution in [0.2, 0.25) is 5.02 Å². The molecule has 0 spiro atoms. The van der Waals surface area contributed by atoms with Gasteiger partial charge in [0.1, 0.15) is 28.2 Å². The summed E-state index contributed by atoms with van der Waals surface area (Å²) in [6.45, 7) is 3.50. The van der Waals surface area contributed by atoms with Gasteiger partial charge in [0.15, 0.2) is 0 Å². The van der Waals surface area contributed by atoms with Gasteiger partial charge in [-0.15, -0.1) is 0 Å². The van der Waals surface area contributed by atoms with E-state index < -0.39 is 11.6 Å². The van der Waals surface area contributed by atoms with Gasteiger partial charge < -0.3 is 25.4 Å². The number of amides is 1. The molecular weight excluding hydrogens is 608 g/mol. The number of nitrogens with one attached hydrogen (secondary N) is 1. The second kappa shape index (κ2) is 14.1. The maximum atomic E-state index is 14.6. The van der Waals surface area contributed by atoms with E-state index in [0.717, 1.165) is 89.8 Å². The first-order chi connectivity index (χ1) is 22.2. The van der Waals surface area contributed by atoms with Gasteiger partial charge in [-0.3, -0.25) is 4.79 Å². The predicted octanol–water partition coefficient (Wildman–Crippen LogP) is 6.99. The fourth-order valence-corrected chi connectivity index (χ4v) is 7.18. The van der Waals surface area contributed by atoms with Crippen LogP contribution in [0.3, 0.4) is 0 Å². The average molecular weight is 650 g/mol. The van der Waals surface area contributed by atoms with Gasteiger partial charge in [-0.2, -0.15) is 0 Å². The van der Waals surface area contributed by atoms with Crippen molar-refractivity contribution in [3.8, 4) is 11.5 Å². The fourth-order valence-electron chi connectivity index (χ4n) is 7.02. The number of halogens is 3. The highest BCUT2D eigenvalue weighted by Gasteiger charge is 2.42. The molecule has 1 saturated carbocycles. The zero-order valence-electron chi connectivity index (χ0n) is 26.5. The van der Waals surface area contributed by atoms with Gasteiger partial charge in [-0.05, 0) is 98.2 Å². The lowest BCUT2D eigenvalue weighted by Crippen LogP contribution is -2.54. The molecule has 1 saturated heterocycles. The highest BCUT2D eigenvalue weighted by Crippen LogP contribution is 2.41. The molecule has 6 rings (SSSR count). The number of rotatable bonds is 12. The molecule has 3 N–H and O–H groups in total. The Balaban J connectivity index is 1.22. The van der Waals surface area contributed by atoms with E-state index in [4.69, 9.17) is 26.8 Å². The minimum atomic E-state index is -0.837. The molecule has 6 nitrogen and oxygen atoms in total. The van der Waals surface area contributed by atoms with Crippen molar-refractivity contribution in [3.05, 3.63) is 99.1 Å². The van der Waals surface area contributed by atoms with Gasteiger partial charge in [0.25, 0.3) is 5.91 Å². The Hall–Kier alpha value is -3.46. The van der Waals surface area contributed by atoms with Crippen molar-refractivity contribution in [2.45, 2.75) is 76.5 Å². The van der Waals surface area contributed by atoms with E-state index in [-0.39, 0.29) is 41.4 Å². The van der Waals surface area contributed by atoms with Gasteiger partial charge >= 0.3 is 0 Å². The Kier molecular flexibility index (Phi) is 9.97. The third kappa shape index (κ3) is 7.09. The van der Waals surface area contributed by atoms with Crippen LogP contribution in [0.5, 0.6) is 11.5 Å². The highest BCUT2D eigenvalue weighted by molar-refractivity contribution is 6.32. The topological polar surface area (TPSA) is 76.8 Å². The first-order valence-electron chi connectivity index (χ1n) is 16.2. The van der Waals surface area contributed by atoms with Crippen LogP contribution in [0.15, 0.2) is 60.2 Å². The minimum absolute atomic E-state index is 0.00813. The minimum Gasteiger partial charge on any atom is -0.496 e. The fraction of sp³-hybridized carbons (Fsp3) is 0.432. The van der Waals surface area contributed by atoms with E-state index in [2.05, 4.69) is 47.5 Å². The van der Waals surface area contributed by atoms with Crippen LogP contribution < -0.4 is 20.5 Å². The van der Waals surface area contributed by atoms with E-state index in [1.54, 1.807) is 7.11 Å². The molecule has 1 amide bonds. The largest absolute Gasteiger partial charge is 0.496 e. The summed E-state index contributed by atoms with van der Waals surface area (Å²) in [6.07, 6.45) is 6.04. The molecule has 2 fully saturated rings. The second-order valence-corrected chi connectivity index (χ2v) is 13.2. The molecule has 3 atom stereocenters. The van der Waals surface area contributed by atoms with Crippen LogP contribution >= 0.6 is 11.6 Å². The van der Waals surface area contributed by atoms with Gasteiger partial charge in [0, 0.05) is 42.4 Å². The van der Waals surface area contributed by atoms with Crippen molar-refractivity contribution in [3.63, 3.8) is 0 Å². The Morgan fingerprint density at radius 3 is 2.59 bits per heavy atom. The standard InChI is InChI=1S/C37H42ClF2N3O3/c1-22-26(6-3-7-33(22)45-2)21-43(29-12-13-29)37(44)35-30(19-28-15-24(20-41)16-32(35)42-28)25-10-8-23(9-11-25)5-4-14-46-34-18-27(39)17-31(40)36(34)38/h3,6-11,17-18,24,28-29,32,42H,4-5,12-16,19-21,41H2,1-2H3. The molecule has 0 aromatic heterocycles. The third-order valence-electron chi connectivity index (χ3n) is 9.65. The second-order valence-electron chi connectivity index (χ2n) is 12.8. The third-order valence-corrected chi connectivity index (χ3v) is 10.0. The number of aryl methyl sites for hydroxylation is 1. The number of hydrogen-bond acceptors (Lipinski definition) is 5. The van der Waals surface area contributed by atoms with Gasteiger partial charge in [-0.25, -0.2) is 8.78 Å². The van der Waals surface area contributed by atoms with Crippen LogP contribution in [0.25, 0.3) is 5.57 Å². The van der Waals surface area contributed by atoms with E-state index in [0.29, 0.717) is 25.4 Å². The quantitative estimate of drug-likeness (QED) is 0.163. The van der Waals surface area contributed by atoms with Crippen molar-refractivity contribution in [2.24, 2.45) is 11.7 Å². The number of methoxy groups -OCH3 is 1. The molecule has 3 aliphatic rings. The molecule has 1 aliphatic carbocycles. The number of carbonyl (C=O) groups is 1. The molecule has 244 valence electrons. The molecule has 2 aliphatic heterocycles. The number of nitrogens with two attached hydrogens (primary N) is 1. The maximum Gasteiger partial charge on any atom is 0.252 e. The van der Waals surface area contributed by atoms with Crippen LogP contribution in [-0.2, 0) is 17.8 Å². The summed E-state index contributed by atoms with van der Waals surface area (Å²) in [5.41, 5.74) is 12.5.